The molecule has 0 unspecified atom stereocenters. The number of nitrogens with zero attached hydrogens (tertiary/aromatic N) is 1. The number of amides is 1. The second-order valence-electron chi connectivity index (χ2n) is 7.56. The number of hydrogen-bond donors (Lipinski definition) is 1. The molecule has 0 bridgehead atoms. The Hall–Kier alpha value is -2.88. The number of rotatable bonds is 4. The predicted molar refractivity (Wildman–Crippen MR) is 105 cm³/mol. The van der Waals surface area contributed by atoms with Crippen molar-refractivity contribution in [3.05, 3.63) is 70.3 Å². The molecular formula is C23H23NO3. The molecule has 1 fully saturated rings. The lowest BCUT2D eigenvalue weighted by molar-refractivity contribution is -0.133. The molecule has 1 N–H and O–H groups in total. The maximum absolute atomic E-state index is 13.1. The van der Waals surface area contributed by atoms with E-state index >= 15 is 0 Å². The molecule has 138 valence electrons. The largest absolute Gasteiger partial charge is 0.478 e. The van der Waals surface area contributed by atoms with Crippen molar-refractivity contribution in [2.45, 2.75) is 39.7 Å². The Morgan fingerprint density at radius 2 is 1.85 bits per heavy atom. The first-order chi connectivity index (χ1) is 13.0. The van der Waals surface area contributed by atoms with E-state index in [1.807, 2.05) is 30.3 Å². The number of aryl methyl sites for hydroxylation is 2. The van der Waals surface area contributed by atoms with Crippen LogP contribution in [-0.4, -0.2) is 17.0 Å². The van der Waals surface area contributed by atoms with Gasteiger partial charge in [0.15, 0.2) is 0 Å². The van der Waals surface area contributed by atoms with Gasteiger partial charge in [-0.1, -0.05) is 36.4 Å². The standard InChI is InChI=1S/C23H23NO3/c1-14-7-8-16(11-15(14)2)13-24-20-6-4-3-5-18(20)22(17-9-10-17)19(23(26)27)12-21(24)25/h3-8,11,17H,9-10,12-13H2,1-2H3,(H,26,27). The van der Waals surface area contributed by atoms with Gasteiger partial charge >= 0.3 is 5.97 Å². The number of carboxylic acids is 1. The summed E-state index contributed by atoms with van der Waals surface area (Å²) in [7, 11) is 0. The third-order valence-corrected chi connectivity index (χ3v) is 5.59. The molecule has 1 amide bonds. The first-order valence-electron chi connectivity index (χ1n) is 9.38. The third kappa shape index (κ3) is 3.27. The van der Waals surface area contributed by atoms with Gasteiger partial charge in [-0.05, 0) is 60.9 Å². The molecule has 4 nitrogen and oxygen atoms in total. The Kier molecular flexibility index (Phi) is 4.34. The van der Waals surface area contributed by atoms with Crippen molar-refractivity contribution >= 4 is 23.1 Å². The van der Waals surface area contributed by atoms with Crippen molar-refractivity contribution in [1.82, 2.24) is 0 Å². The number of fused-ring (bicyclic) bond motifs is 1. The van der Waals surface area contributed by atoms with Gasteiger partial charge in [-0.2, -0.15) is 0 Å². The van der Waals surface area contributed by atoms with Crippen LogP contribution in [0.4, 0.5) is 5.69 Å². The topological polar surface area (TPSA) is 57.6 Å². The quantitative estimate of drug-likeness (QED) is 0.873. The van der Waals surface area contributed by atoms with Gasteiger partial charge in [-0.3, -0.25) is 4.79 Å². The minimum Gasteiger partial charge on any atom is -0.478 e. The molecule has 1 heterocycles. The SMILES string of the molecule is Cc1ccc(CN2C(=O)CC(C(=O)O)=C(C3CC3)c3ccccc32)cc1C. The minimum atomic E-state index is -0.979. The maximum Gasteiger partial charge on any atom is 0.332 e. The number of carbonyl (C=O) groups excluding carboxylic acids is 1. The van der Waals surface area contributed by atoms with E-state index in [1.165, 1.54) is 11.1 Å². The summed E-state index contributed by atoms with van der Waals surface area (Å²) in [5.74, 6) is -0.881. The van der Waals surface area contributed by atoms with Crippen LogP contribution in [0.2, 0.25) is 0 Å². The highest BCUT2D eigenvalue weighted by atomic mass is 16.4. The zero-order chi connectivity index (χ0) is 19.1. The fraction of sp³-hybridized carbons (Fsp3) is 0.304. The molecule has 4 heteroatoms. The van der Waals surface area contributed by atoms with Crippen LogP contribution in [0, 0.1) is 19.8 Å². The number of aliphatic carboxylic acids is 1. The summed E-state index contributed by atoms with van der Waals surface area (Å²) in [6.45, 7) is 4.57. The van der Waals surface area contributed by atoms with E-state index in [0.29, 0.717) is 6.54 Å². The van der Waals surface area contributed by atoms with E-state index in [9.17, 15) is 14.7 Å². The molecule has 2 aromatic rings. The van der Waals surface area contributed by atoms with Crippen LogP contribution in [0.15, 0.2) is 48.0 Å². The lowest BCUT2D eigenvalue weighted by atomic mass is 9.94. The Morgan fingerprint density at radius 1 is 1.11 bits per heavy atom. The molecule has 2 aromatic carbocycles. The van der Waals surface area contributed by atoms with Crippen LogP contribution in [0.1, 0.15) is 41.5 Å². The minimum absolute atomic E-state index is 0.0549. The van der Waals surface area contributed by atoms with E-state index in [4.69, 9.17) is 0 Å². The zero-order valence-corrected chi connectivity index (χ0v) is 15.7. The van der Waals surface area contributed by atoms with Gasteiger partial charge in [-0.15, -0.1) is 0 Å². The molecule has 27 heavy (non-hydrogen) atoms. The van der Waals surface area contributed by atoms with Crippen molar-refractivity contribution in [3.63, 3.8) is 0 Å². The Morgan fingerprint density at radius 3 is 2.52 bits per heavy atom. The summed E-state index contributed by atoms with van der Waals surface area (Å²) < 4.78 is 0. The van der Waals surface area contributed by atoms with Crippen LogP contribution in [-0.2, 0) is 16.1 Å². The van der Waals surface area contributed by atoms with Gasteiger partial charge in [0.1, 0.15) is 0 Å². The number of allylic oxidation sites excluding steroid dienone is 1. The van der Waals surface area contributed by atoms with E-state index in [0.717, 1.165) is 35.2 Å². The molecule has 4 rings (SSSR count). The fourth-order valence-corrected chi connectivity index (χ4v) is 3.86. The summed E-state index contributed by atoms with van der Waals surface area (Å²) in [5.41, 5.74) is 6.28. The molecule has 0 aromatic heterocycles. The molecule has 1 aliphatic heterocycles. The smallest absolute Gasteiger partial charge is 0.332 e. The second-order valence-corrected chi connectivity index (χ2v) is 7.56. The van der Waals surface area contributed by atoms with Crippen molar-refractivity contribution in [2.24, 2.45) is 5.92 Å². The van der Waals surface area contributed by atoms with E-state index in [-0.39, 0.29) is 23.8 Å². The van der Waals surface area contributed by atoms with Crippen molar-refractivity contribution in [1.29, 1.82) is 0 Å². The highest BCUT2D eigenvalue weighted by Gasteiger charge is 2.37. The summed E-state index contributed by atoms with van der Waals surface area (Å²) in [5, 5.41) is 9.77. The number of anilines is 1. The lowest BCUT2D eigenvalue weighted by Gasteiger charge is -2.24. The van der Waals surface area contributed by atoms with Crippen LogP contribution in [0.3, 0.4) is 0 Å². The zero-order valence-electron chi connectivity index (χ0n) is 15.7. The van der Waals surface area contributed by atoms with E-state index in [2.05, 4.69) is 26.0 Å². The van der Waals surface area contributed by atoms with Gasteiger partial charge in [0.25, 0.3) is 0 Å². The normalized spacial score (nSPS) is 17.0. The number of hydrogen-bond acceptors (Lipinski definition) is 2. The molecule has 0 spiro atoms. The van der Waals surface area contributed by atoms with Gasteiger partial charge < -0.3 is 10.0 Å². The van der Waals surface area contributed by atoms with Gasteiger partial charge in [0.2, 0.25) is 5.91 Å². The Bertz CT molecular complexity index is 969. The van der Waals surface area contributed by atoms with Crippen LogP contribution < -0.4 is 4.90 Å². The Balaban J connectivity index is 1.80. The van der Waals surface area contributed by atoms with E-state index < -0.39 is 5.97 Å². The second kappa shape index (κ2) is 6.69. The summed E-state index contributed by atoms with van der Waals surface area (Å²) in [6.07, 6.45) is 1.93. The maximum atomic E-state index is 13.1. The molecular weight excluding hydrogens is 338 g/mol. The Labute approximate surface area is 159 Å². The summed E-state index contributed by atoms with van der Waals surface area (Å²) in [4.78, 5) is 26.7. The number of para-hydroxylation sites is 1. The molecule has 2 aliphatic rings. The fourth-order valence-electron chi connectivity index (χ4n) is 3.86. The number of carbonyl (C=O) groups is 2. The molecule has 0 atom stereocenters. The first-order valence-corrected chi connectivity index (χ1v) is 9.38. The van der Waals surface area contributed by atoms with Gasteiger partial charge in [0.05, 0.1) is 24.2 Å². The number of benzene rings is 2. The van der Waals surface area contributed by atoms with Gasteiger partial charge in [-0.25, -0.2) is 4.79 Å². The number of carboxylic acid groups (broad SMARTS) is 1. The highest BCUT2D eigenvalue weighted by molar-refractivity contribution is 6.10. The van der Waals surface area contributed by atoms with Gasteiger partial charge in [0, 0.05) is 5.56 Å². The highest BCUT2D eigenvalue weighted by Crippen LogP contribution is 2.48. The van der Waals surface area contributed by atoms with E-state index in [1.54, 1.807) is 4.90 Å². The lowest BCUT2D eigenvalue weighted by Crippen LogP contribution is -2.30. The molecule has 1 aliphatic carbocycles. The molecule has 1 saturated carbocycles. The summed E-state index contributed by atoms with van der Waals surface area (Å²) in [6, 6.07) is 13.9. The average Bonchev–Trinajstić information content (AvgIpc) is 3.47. The van der Waals surface area contributed by atoms with Crippen LogP contribution >= 0.6 is 0 Å². The average molecular weight is 361 g/mol. The predicted octanol–water partition coefficient (Wildman–Crippen LogP) is 4.49. The molecule has 0 saturated heterocycles. The van der Waals surface area contributed by atoms with Crippen molar-refractivity contribution in [2.75, 3.05) is 4.90 Å². The van der Waals surface area contributed by atoms with Crippen molar-refractivity contribution < 1.29 is 14.7 Å². The van der Waals surface area contributed by atoms with Crippen LogP contribution in [0.5, 0.6) is 0 Å². The molecule has 0 radical (unpaired) electrons. The van der Waals surface area contributed by atoms with Crippen LogP contribution in [0.25, 0.3) is 5.57 Å². The van der Waals surface area contributed by atoms with Crippen molar-refractivity contribution in [3.8, 4) is 0 Å². The summed E-state index contributed by atoms with van der Waals surface area (Å²) >= 11 is 0. The monoisotopic (exact) mass is 361 g/mol. The first kappa shape index (κ1) is 17.5. The third-order valence-electron chi connectivity index (χ3n) is 5.59.